The Labute approximate surface area is 125 Å². The van der Waals surface area contributed by atoms with Crippen LogP contribution in [0.5, 0.6) is 0 Å². The second-order valence-corrected chi connectivity index (χ2v) is 6.38. The second kappa shape index (κ2) is 7.69. The van der Waals surface area contributed by atoms with Gasteiger partial charge in [0.15, 0.2) is 5.16 Å². The molecule has 0 atom stereocenters. The minimum absolute atomic E-state index is 0.0501. The van der Waals surface area contributed by atoms with Crippen LogP contribution in [0.15, 0.2) is 11.4 Å². The summed E-state index contributed by atoms with van der Waals surface area (Å²) in [7, 11) is 0. The maximum absolute atomic E-state index is 10.7. The second-order valence-electron chi connectivity index (χ2n) is 5.44. The maximum atomic E-state index is 10.7. The highest BCUT2D eigenvalue weighted by Gasteiger charge is 2.15. The van der Waals surface area contributed by atoms with Gasteiger partial charge >= 0.3 is 5.97 Å². The number of aromatic nitrogens is 2. The molecule has 20 heavy (non-hydrogen) atoms. The van der Waals surface area contributed by atoms with E-state index < -0.39 is 5.97 Å². The smallest absolute Gasteiger partial charge is 0.313 e. The topological polar surface area (TPSA) is 58.4 Å². The normalized spacial score (nSPS) is 11.8. The predicted molar refractivity (Wildman–Crippen MR) is 82.3 cm³/mol. The van der Waals surface area contributed by atoms with Crippen molar-refractivity contribution in [2.24, 2.45) is 0 Å². The molecule has 0 aliphatic rings. The Morgan fingerprint density at radius 2 is 2.00 bits per heavy atom. The predicted octanol–water partition coefficient (Wildman–Crippen LogP) is 2.49. The first kappa shape index (κ1) is 17.0. The van der Waals surface area contributed by atoms with E-state index >= 15 is 0 Å². The lowest BCUT2D eigenvalue weighted by molar-refractivity contribution is -0.133. The van der Waals surface area contributed by atoms with Gasteiger partial charge in [-0.05, 0) is 34.6 Å². The van der Waals surface area contributed by atoms with E-state index in [1.54, 1.807) is 6.20 Å². The van der Waals surface area contributed by atoms with Crippen LogP contribution in [0.3, 0.4) is 0 Å². The molecule has 0 fully saturated rings. The van der Waals surface area contributed by atoms with Gasteiger partial charge in [0.2, 0.25) is 0 Å². The van der Waals surface area contributed by atoms with E-state index in [0.717, 1.165) is 23.9 Å². The molecular weight excluding hydrogens is 274 g/mol. The summed E-state index contributed by atoms with van der Waals surface area (Å²) in [6.45, 7) is 12.6. The van der Waals surface area contributed by atoms with Gasteiger partial charge in [0.05, 0.1) is 5.75 Å². The van der Waals surface area contributed by atoms with Gasteiger partial charge in [-0.2, -0.15) is 0 Å². The quantitative estimate of drug-likeness (QED) is 0.747. The third kappa shape index (κ3) is 4.83. The molecular formula is C14H25N3O2S. The average Bonchev–Trinajstić information content (AvgIpc) is 2.67. The molecule has 0 spiro atoms. The van der Waals surface area contributed by atoms with E-state index in [9.17, 15) is 4.79 Å². The van der Waals surface area contributed by atoms with Gasteiger partial charge in [0.1, 0.15) is 0 Å². The summed E-state index contributed by atoms with van der Waals surface area (Å²) >= 11 is 1.28. The van der Waals surface area contributed by atoms with Crippen molar-refractivity contribution in [1.29, 1.82) is 0 Å². The van der Waals surface area contributed by atoms with Gasteiger partial charge < -0.3 is 9.67 Å². The fraction of sp³-hybridized carbons (Fsp3) is 0.714. The van der Waals surface area contributed by atoms with Gasteiger partial charge in [0.25, 0.3) is 0 Å². The first-order valence-electron chi connectivity index (χ1n) is 6.95. The van der Waals surface area contributed by atoms with E-state index in [1.807, 2.05) is 6.92 Å². The van der Waals surface area contributed by atoms with Gasteiger partial charge in [-0.1, -0.05) is 11.8 Å². The highest BCUT2D eigenvalue weighted by Crippen LogP contribution is 2.18. The van der Waals surface area contributed by atoms with Crippen molar-refractivity contribution in [3.8, 4) is 0 Å². The molecule has 0 saturated heterocycles. The standard InChI is InChI=1S/C14H25N3O2S/c1-10(2)16(11(3)4)6-7-17-12(5)8-15-14(17)20-9-13(18)19/h8,10-11H,6-7,9H2,1-5H3,(H,18,19). The lowest BCUT2D eigenvalue weighted by Crippen LogP contribution is -2.39. The van der Waals surface area contributed by atoms with Gasteiger partial charge in [-0.25, -0.2) is 4.98 Å². The van der Waals surface area contributed by atoms with Crippen LogP contribution in [-0.4, -0.2) is 49.9 Å². The Morgan fingerprint density at radius 1 is 1.40 bits per heavy atom. The number of thioether (sulfide) groups is 1. The van der Waals surface area contributed by atoms with Crippen molar-refractivity contribution in [2.75, 3.05) is 12.3 Å². The van der Waals surface area contributed by atoms with E-state index in [1.165, 1.54) is 11.8 Å². The number of imidazole rings is 1. The molecule has 5 nitrogen and oxygen atoms in total. The van der Waals surface area contributed by atoms with Crippen LogP contribution in [0.1, 0.15) is 33.4 Å². The number of rotatable bonds is 8. The van der Waals surface area contributed by atoms with Crippen molar-refractivity contribution < 1.29 is 9.90 Å². The van der Waals surface area contributed by atoms with Crippen molar-refractivity contribution in [3.05, 3.63) is 11.9 Å². The van der Waals surface area contributed by atoms with Gasteiger partial charge in [-0.3, -0.25) is 9.69 Å². The van der Waals surface area contributed by atoms with Gasteiger partial charge in [-0.15, -0.1) is 0 Å². The largest absolute Gasteiger partial charge is 0.481 e. The summed E-state index contributed by atoms with van der Waals surface area (Å²) in [6.07, 6.45) is 1.80. The zero-order valence-electron chi connectivity index (χ0n) is 13.0. The van der Waals surface area contributed by atoms with E-state index in [2.05, 4.69) is 42.1 Å². The molecule has 114 valence electrons. The van der Waals surface area contributed by atoms with E-state index in [4.69, 9.17) is 5.11 Å². The summed E-state index contributed by atoms with van der Waals surface area (Å²) in [6, 6.07) is 0.989. The SMILES string of the molecule is Cc1cnc(SCC(=O)O)n1CCN(C(C)C)C(C)C. The molecule has 0 radical (unpaired) electrons. The molecule has 6 heteroatoms. The number of hydrogen-bond donors (Lipinski definition) is 1. The number of nitrogens with zero attached hydrogens (tertiary/aromatic N) is 3. The molecule has 1 heterocycles. The molecule has 1 rings (SSSR count). The molecule has 1 aromatic rings. The summed E-state index contributed by atoms with van der Waals surface area (Å²) in [5.41, 5.74) is 1.07. The third-order valence-electron chi connectivity index (χ3n) is 3.25. The monoisotopic (exact) mass is 299 g/mol. The number of carbonyl (C=O) groups is 1. The van der Waals surface area contributed by atoms with Crippen LogP contribution in [0.2, 0.25) is 0 Å². The van der Waals surface area contributed by atoms with E-state index in [0.29, 0.717) is 12.1 Å². The first-order valence-corrected chi connectivity index (χ1v) is 7.94. The summed E-state index contributed by atoms with van der Waals surface area (Å²) in [5.74, 6) is -0.762. The summed E-state index contributed by atoms with van der Waals surface area (Å²) in [5, 5.41) is 9.56. The molecule has 0 bridgehead atoms. The molecule has 0 aliphatic carbocycles. The van der Waals surface area contributed by atoms with Crippen molar-refractivity contribution in [2.45, 2.75) is 58.4 Å². The molecule has 0 unspecified atom stereocenters. The molecule has 0 aliphatic heterocycles. The van der Waals surface area contributed by atoms with Crippen LogP contribution in [0.4, 0.5) is 0 Å². The number of carboxylic acid groups (broad SMARTS) is 1. The maximum Gasteiger partial charge on any atom is 0.313 e. The Kier molecular flexibility index (Phi) is 6.55. The molecule has 1 N–H and O–H groups in total. The average molecular weight is 299 g/mol. The number of aryl methyl sites for hydroxylation is 1. The fourth-order valence-electron chi connectivity index (χ4n) is 2.28. The van der Waals surface area contributed by atoms with Crippen LogP contribution in [0.25, 0.3) is 0 Å². The lowest BCUT2D eigenvalue weighted by Gasteiger charge is -2.30. The molecule has 0 saturated carbocycles. The van der Waals surface area contributed by atoms with Crippen LogP contribution >= 0.6 is 11.8 Å². The zero-order chi connectivity index (χ0) is 15.3. The third-order valence-corrected chi connectivity index (χ3v) is 4.23. The Balaban J connectivity index is 2.71. The molecule has 1 aromatic heterocycles. The Hall–Kier alpha value is -1.01. The van der Waals surface area contributed by atoms with Crippen molar-refractivity contribution in [3.63, 3.8) is 0 Å². The highest BCUT2D eigenvalue weighted by molar-refractivity contribution is 7.99. The van der Waals surface area contributed by atoms with Crippen LogP contribution in [-0.2, 0) is 11.3 Å². The summed E-state index contributed by atoms with van der Waals surface area (Å²) in [4.78, 5) is 17.4. The van der Waals surface area contributed by atoms with Crippen molar-refractivity contribution in [1.82, 2.24) is 14.5 Å². The fourth-order valence-corrected chi connectivity index (χ4v) is 3.05. The van der Waals surface area contributed by atoms with E-state index in [-0.39, 0.29) is 5.75 Å². The van der Waals surface area contributed by atoms with Crippen LogP contribution in [0, 0.1) is 6.92 Å². The van der Waals surface area contributed by atoms with Crippen molar-refractivity contribution >= 4 is 17.7 Å². The number of hydrogen-bond acceptors (Lipinski definition) is 4. The highest BCUT2D eigenvalue weighted by atomic mass is 32.2. The first-order chi connectivity index (χ1) is 9.32. The lowest BCUT2D eigenvalue weighted by atomic mass is 10.2. The van der Waals surface area contributed by atoms with Gasteiger partial charge in [0, 0.05) is 37.1 Å². The Bertz CT molecular complexity index is 436. The molecule has 0 aromatic carbocycles. The number of carboxylic acids is 1. The number of aliphatic carboxylic acids is 1. The minimum Gasteiger partial charge on any atom is -0.481 e. The Morgan fingerprint density at radius 3 is 2.50 bits per heavy atom. The minimum atomic E-state index is -0.812. The van der Waals surface area contributed by atoms with Crippen LogP contribution < -0.4 is 0 Å². The zero-order valence-corrected chi connectivity index (χ0v) is 13.8. The summed E-state index contributed by atoms with van der Waals surface area (Å²) < 4.78 is 2.10. The molecule has 0 amide bonds.